The van der Waals surface area contributed by atoms with Gasteiger partial charge in [0.1, 0.15) is 28.1 Å². The van der Waals surface area contributed by atoms with Crippen LogP contribution in [0.4, 0.5) is 8.78 Å². The van der Waals surface area contributed by atoms with Crippen molar-refractivity contribution in [2.45, 2.75) is 19.3 Å². The largest absolute Gasteiger partial charge is 0.440 e. The molecule has 2 heterocycles. The Balaban J connectivity index is 1.85. The number of nitrogens with zero attached hydrogens (tertiary/aromatic N) is 2. The number of fused-ring (bicyclic) bond motifs is 2. The van der Waals surface area contributed by atoms with Crippen molar-refractivity contribution in [1.29, 1.82) is 0 Å². The molecule has 2 aromatic heterocycles. The van der Waals surface area contributed by atoms with Crippen LogP contribution in [0.5, 0.6) is 0 Å². The normalized spacial score (nSPS) is 12.3. The average molecular weight is 314 g/mol. The second kappa shape index (κ2) is 4.62. The molecule has 0 amide bonds. The SMILES string of the molecule is CC(C)(c1nc2cc(F)ccc2o1)c1nc2cc(F)ccc2o1. The Kier molecular flexibility index (Phi) is 2.78. The molecule has 4 aromatic rings. The topological polar surface area (TPSA) is 52.1 Å². The standard InChI is InChI=1S/C17H12F2N2O2/c1-17(2,15-20-11-7-9(18)3-5-13(11)22-15)16-21-12-8-10(19)4-6-14(12)23-16/h3-8H,1-2H3. The second-order valence-corrected chi connectivity index (χ2v) is 5.89. The van der Waals surface area contributed by atoms with Gasteiger partial charge in [0.25, 0.3) is 0 Å². The van der Waals surface area contributed by atoms with Crippen LogP contribution in [0, 0.1) is 11.6 Å². The van der Waals surface area contributed by atoms with Crippen molar-refractivity contribution < 1.29 is 17.6 Å². The summed E-state index contributed by atoms with van der Waals surface area (Å²) in [7, 11) is 0. The van der Waals surface area contributed by atoms with Gasteiger partial charge in [0.15, 0.2) is 11.2 Å². The van der Waals surface area contributed by atoms with E-state index in [0.717, 1.165) is 0 Å². The predicted octanol–water partition coefficient (Wildman–Crippen LogP) is 4.57. The fraction of sp³-hybridized carbons (Fsp3) is 0.176. The average Bonchev–Trinajstić information content (AvgIpc) is 3.10. The molecule has 0 radical (unpaired) electrons. The van der Waals surface area contributed by atoms with E-state index in [1.54, 1.807) is 0 Å². The van der Waals surface area contributed by atoms with Crippen LogP contribution in [-0.4, -0.2) is 9.97 Å². The molecule has 0 aliphatic carbocycles. The number of benzene rings is 2. The Bertz CT molecular complexity index is 952. The minimum absolute atomic E-state index is 0.352. The molecule has 0 atom stereocenters. The molecule has 0 saturated carbocycles. The van der Waals surface area contributed by atoms with Crippen LogP contribution in [0.25, 0.3) is 22.2 Å². The summed E-state index contributed by atoms with van der Waals surface area (Å²) >= 11 is 0. The summed E-state index contributed by atoms with van der Waals surface area (Å²) in [5.74, 6) is -0.0600. The van der Waals surface area contributed by atoms with Gasteiger partial charge in [-0.15, -0.1) is 0 Å². The molecule has 2 aromatic carbocycles. The lowest BCUT2D eigenvalue weighted by molar-refractivity contribution is 0.360. The van der Waals surface area contributed by atoms with Crippen LogP contribution in [0.2, 0.25) is 0 Å². The third-order valence-electron chi connectivity index (χ3n) is 3.77. The highest BCUT2D eigenvalue weighted by Crippen LogP contribution is 2.34. The third-order valence-corrected chi connectivity index (χ3v) is 3.77. The highest BCUT2D eigenvalue weighted by molar-refractivity contribution is 5.74. The zero-order valence-electron chi connectivity index (χ0n) is 12.4. The maximum atomic E-state index is 13.3. The zero-order valence-corrected chi connectivity index (χ0v) is 12.4. The number of oxazole rings is 2. The van der Waals surface area contributed by atoms with Crippen LogP contribution >= 0.6 is 0 Å². The van der Waals surface area contributed by atoms with Crippen molar-refractivity contribution in [3.63, 3.8) is 0 Å². The maximum Gasteiger partial charge on any atom is 0.210 e. The zero-order chi connectivity index (χ0) is 16.2. The predicted molar refractivity (Wildman–Crippen MR) is 80.1 cm³/mol. The maximum absolute atomic E-state index is 13.3. The highest BCUT2D eigenvalue weighted by atomic mass is 19.1. The van der Waals surface area contributed by atoms with Crippen LogP contribution in [-0.2, 0) is 5.41 Å². The van der Waals surface area contributed by atoms with E-state index >= 15 is 0 Å². The molecule has 0 unspecified atom stereocenters. The molecule has 0 aliphatic rings. The summed E-state index contributed by atoms with van der Waals surface area (Å²) in [5, 5.41) is 0. The lowest BCUT2D eigenvalue weighted by Crippen LogP contribution is -2.19. The summed E-state index contributed by atoms with van der Waals surface area (Å²) in [6.45, 7) is 3.66. The lowest BCUT2D eigenvalue weighted by atomic mass is 9.93. The van der Waals surface area contributed by atoms with Crippen molar-refractivity contribution in [2.75, 3.05) is 0 Å². The lowest BCUT2D eigenvalue weighted by Gasteiger charge is -2.15. The van der Waals surface area contributed by atoms with Gasteiger partial charge in [-0.2, -0.15) is 0 Å². The van der Waals surface area contributed by atoms with Crippen LogP contribution < -0.4 is 0 Å². The van der Waals surface area contributed by atoms with E-state index in [-0.39, 0.29) is 11.6 Å². The van der Waals surface area contributed by atoms with E-state index in [9.17, 15) is 8.78 Å². The smallest absolute Gasteiger partial charge is 0.210 e. The first-order valence-electron chi connectivity index (χ1n) is 7.06. The van der Waals surface area contributed by atoms with Gasteiger partial charge in [0, 0.05) is 12.1 Å². The summed E-state index contributed by atoms with van der Waals surface area (Å²) < 4.78 is 38.0. The molecule has 116 valence electrons. The Morgan fingerprint density at radius 2 is 1.22 bits per heavy atom. The second-order valence-electron chi connectivity index (χ2n) is 5.89. The van der Waals surface area contributed by atoms with Crippen molar-refractivity contribution in [2.24, 2.45) is 0 Å². The Labute approximate surface area is 129 Å². The van der Waals surface area contributed by atoms with Crippen molar-refractivity contribution in [1.82, 2.24) is 9.97 Å². The first kappa shape index (κ1) is 13.9. The third kappa shape index (κ3) is 2.18. The minimum Gasteiger partial charge on any atom is -0.440 e. The Morgan fingerprint density at radius 1 is 0.783 bits per heavy atom. The highest BCUT2D eigenvalue weighted by Gasteiger charge is 2.34. The minimum atomic E-state index is -0.787. The van der Waals surface area contributed by atoms with E-state index in [0.29, 0.717) is 34.0 Å². The fourth-order valence-electron chi connectivity index (χ4n) is 2.43. The first-order chi connectivity index (χ1) is 10.9. The number of rotatable bonds is 2. The molecular formula is C17H12F2N2O2. The number of halogens is 2. The van der Waals surface area contributed by atoms with Crippen LogP contribution in [0.3, 0.4) is 0 Å². The van der Waals surface area contributed by atoms with Gasteiger partial charge in [-0.3, -0.25) is 0 Å². The molecule has 0 fully saturated rings. The number of hydrogen-bond acceptors (Lipinski definition) is 4. The molecule has 0 spiro atoms. The van der Waals surface area contributed by atoms with Crippen LogP contribution in [0.1, 0.15) is 25.6 Å². The first-order valence-corrected chi connectivity index (χ1v) is 7.06. The van der Waals surface area contributed by atoms with Gasteiger partial charge < -0.3 is 8.83 Å². The number of hydrogen-bond donors (Lipinski definition) is 0. The summed E-state index contributed by atoms with van der Waals surface area (Å²) in [4.78, 5) is 8.66. The summed E-state index contributed by atoms with van der Waals surface area (Å²) in [6, 6.07) is 8.29. The van der Waals surface area contributed by atoms with E-state index in [1.165, 1.54) is 36.4 Å². The Hall–Kier alpha value is -2.76. The molecule has 0 bridgehead atoms. The van der Waals surface area contributed by atoms with Gasteiger partial charge in [0.05, 0.1) is 0 Å². The Morgan fingerprint density at radius 3 is 1.65 bits per heavy atom. The van der Waals surface area contributed by atoms with E-state index in [4.69, 9.17) is 8.83 Å². The van der Waals surface area contributed by atoms with Gasteiger partial charge in [-0.25, -0.2) is 18.7 Å². The number of aromatic nitrogens is 2. The molecule has 0 aliphatic heterocycles. The molecule has 6 heteroatoms. The van der Waals surface area contributed by atoms with Crippen molar-refractivity contribution >= 4 is 22.2 Å². The molecular weight excluding hydrogens is 302 g/mol. The summed E-state index contributed by atoms with van der Waals surface area (Å²) in [6.07, 6.45) is 0. The molecule has 4 nitrogen and oxygen atoms in total. The van der Waals surface area contributed by atoms with Gasteiger partial charge in [-0.05, 0) is 38.1 Å². The van der Waals surface area contributed by atoms with E-state index in [1.807, 2.05) is 13.8 Å². The monoisotopic (exact) mass is 314 g/mol. The van der Waals surface area contributed by atoms with Gasteiger partial charge in [0.2, 0.25) is 11.8 Å². The van der Waals surface area contributed by atoms with E-state index < -0.39 is 5.41 Å². The molecule has 0 N–H and O–H groups in total. The summed E-state index contributed by atoms with van der Waals surface area (Å²) in [5.41, 5.74) is 1.03. The van der Waals surface area contributed by atoms with Gasteiger partial charge >= 0.3 is 0 Å². The van der Waals surface area contributed by atoms with Crippen molar-refractivity contribution in [3.8, 4) is 0 Å². The van der Waals surface area contributed by atoms with Gasteiger partial charge in [-0.1, -0.05) is 0 Å². The fourth-order valence-corrected chi connectivity index (χ4v) is 2.43. The van der Waals surface area contributed by atoms with Crippen LogP contribution in [0.15, 0.2) is 45.2 Å². The quantitative estimate of drug-likeness (QED) is 0.544. The van der Waals surface area contributed by atoms with Crippen molar-refractivity contribution in [3.05, 3.63) is 59.8 Å². The molecule has 23 heavy (non-hydrogen) atoms. The molecule has 4 rings (SSSR count). The van der Waals surface area contributed by atoms with E-state index in [2.05, 4.69) is 9.97 Å². The molecule has 0 saturated heterocycles.